The Kier molecular flexibility index (Phi) is 5.18. The van der Waals surface area contributed by atoms with E-state index in [0.717, 1.165) is 13.0 Å². The maximum Gasteiger partial charge on any atom is 0.234 e. The van der Waals surface area contributed by atoms with Crippen LogP contribution in [0.5, 0.6) is 0 Å². The van der Waals surface area contributed by atoms with Crippen molar-refractivity contribution in [3.05, 3.63) is 35.4 Å². The summed E-state index contributed by atoms with van der Waals surface area (Å²) in [4.78, 5) is 14.1. The molecule has 2 rings (SSSR count). The van der Waals surface area contributed by atoms with E-state index in [1.165, 1.54) is 24.0 Å². The lowest BCUT2D eigenvalue weighted by molar-refractivity contribution is -0.122. The Bertz CT molecular complexity index is 456. The average molecular weight is 274 g/mol. The third kappa shape index (κ3) is 3.83. The van der Waals surface area contributed by atoms with Crippen molar-refractivity contribution < 1.29 is 4.79 Å². The van der Waals surface area contributed by atoms with Crippen LogP contribution in [0.4, 0.5) is 0 Å². The summed E-state index contributed by atoms with van der Waals surface area (Å²) < 4.78 is 0. The normalized spacial score (nSPS) is 18.1. The summed E-state index contributed by atoms with van der Waals surface area (Å²) in [5, 5.41) is 3.00. The number of amides is 1. The van der Waals surface area contributed by atoms with E-state index < -0.39 is 0 Å². The zero-order chi connectivity index (χ0) is 14.5. The topological polar surface area (TPSA) is 32.3 Å². The molecule has 1 aliphatic carbocycles. The van der Waals surface area contributed by atoms with Crippen molar-refractivity contribution in [1.82, 2.24) is 10.2 Å². The molecule has 0 unspecified atom stereocenters. The van der Waals surface area contributed by atoms with Gasteiger partial charge >= 0.3 is 0 Å². The van der Waals surface area contributed by atoms with Crippen LogP contribution in [0.25, 0.3) is 0 Å². The molecule has 1 aromatic rings. The highest BCUT2D eigenvalue weighted by Gasteiger charge is 2.24. The van der Waals surface area contributed by atoms with Gasteiger partial charge in [-0.25, -0.2) is 0 Å². The third-order valence-corrected chi connectivity index (χ3v) is 3.97. The lowest BCUT2D eigenvalue weighted by Crippen LogP contribution is -2.39. The Hall–Kier alpha value is -1.35. The van der Waals surface area contributed by atoms with Gasteiger partial charge in [0.1, 0.15) is 0 Å². The Morgan fingerprint density at radius 2 is 2.15 bits per heavy atom. The van der Waals surface area contributed by atoms with Crippen molar-refractivity contribution in [2.24, 2.45) is 5.92 Å². The summed E-state index contributed by atoms with van der Waals surface area (Å²) in [6.45, 7) is 5.46. The zero-order valence-corrected chi connectivity index (χ0v) is 12.9. The SMILES string of the molecule is CC(C)CNC(=O)CN(C)[C@H]1CCCc2ccccc21. The molecular formula is C17H26N2O. The van der Waals surface area contributed by atoms with Crippen molar-refractivity contribution in [2.45, 2.75) is 39.2 Å². The Balaban J connectivity index is 1.96. The highest BCUT2D eigenvalue weighted by molar-refractivity contribution is 5.78. The minimum atomic E-state index is 0.129. The van der Waals surface area contributed by atoms with Crippen molar-refractivity contribution in [1.29, 1.82) is 0 Å². The molecule has 1 aliphatic rings. The molecule has 0 saturated carbocycles. The molecule has 0 aromatic heterocycles. The molecule has 20 heavy (non-hydrogen) atoms. The number of carbonyl (C=O) groups excluding carboxylic acids is 1. The van der Waals surface area contributed by atoms with E-state index >= 15 is 0 Å². The smallest absolute Gasteiger partial charge is 0.234 e. The van der Waals surface area contributed by atoms with E-state index in [-0.39, 0.29) is 5.91 Å². The molecule has 0 heterocycles. The molecule has 0 spiro atoms. The van der Waals surface area contributed by atoms with Crippen molar-refractivity contribution in [2.75, 3.05) is 20.1 Å². The number of aryl methyl sites for hydroxylation is 1. The summed E-state index contributed by atoms with van der Waals surface area (Å²) in [6.07, 6.45) is 3.52. The number of likely N-dealkylation sites (N-methyl/N-ethyl adjacent to an activating group) is 1. The summed E-state index contributed by atoms with van der Waals surface area (Å²) in [7, 11) is 2.06. The zero-order valence-electron chi connectivity index (χ0n) is 12.9. The van der Waals surface area contributed by atoms with Gasteiger partial charge in [-0.15, -0.1) is 0 Å². The van der Waals surface area contributed by atoms with Crippen molar-refractivity contribution >= 4 is 5.91 Å². The summed E-state index contributed by atoms with van der Waals surface area (Å²) >= 11 is 0. The molecule has 110 valence electrons. The van der Waals surface area contributed by atoms with Crippen LogP contribution in [0.2, 0.25) is 0 Å². The van der Waals surface area contributed by atoms with Crippen LogP contribution in [0, 0.1) is 5.92 Å². The highest BCUT2D eigenvalue weighted by atomic mass is 16.2. The largest absolute Gasteiger partial charge is 0.355 e. The Morgan fingerprint density at radius 3 is 2.90 bits per heavy atom. The molecular weight excluding hydrogens is 248 g/mol. The maximum atomic E-state index is 12.0. The summed E-state index contributed by atoms with van der Waals surface area (Å²) in [5.41, 5.74) is 2.84. The highest BCUT2D eigenvalue weighted by Crippen LogP contribution is 2.33. The van der Waals surface area contributed by atoms with E-state index in [1.54, 1.807) is 0 Å². The molecule has 3 heteroatoms. The fourth-order valence-electron chi connectivity index (χ4n) is 2.90. The van der Waals surface area contributed by atoms with Crippen LogP contribution < -0.4 is 5.32 Å². The van der Waals surface area contributed by atoms with Crippen molar-refractivity contribution in [3.63, 3.8) is 0 Å². The molecule has 1 N–H and O–H groups in total. The number of carbonyl (C=O) groups is 1. The van der Waals surface area contributed by atoms with Crippen LogP contribution in [-0.2, 0) is 11.2 Å². The number of rotatable bonds is 5. The number of hydrogen-bond donors (Lipinski definition) is 1. The molecule has 0 fully saturated rings. The fourth-order valence-corrected chi connectivity index (χ4v) is 2.90. The number of hydrogen-bond acceptors (Lipinski definition) is 2. The number of fused-ring (bicyclic) bond motifs is 1. The molecule has 3 nitrogen and oxygen atoms in total. The molecule has 0 saturated heterocycles. The van der Waals surface area contributed by atoms with Gasteiger partial charge in [-0.2, -0.15) is 0 Å². The van der Waals surface area contributed by atoms with E-state index in [4.69, 9.17) is 0 Å². The van der Waals surface area contributed by atoms with Crippen LogP contribution in [-0.4, -0.2) is 30.9 Å². The molecule has 1 amide bonds. The van der Waals surface area contributed by atoms with Crippen LogP contribution in [0.1, 0.15) is 43.9 Å². The summed E-state index contributed by atoms with van der Waals surface area (Å²) in [6, 6.07) is 9.01. The predicted molar refractivity (Wildman–Crippen MR) is 82.6 cm³/mol. The number of nitrogens with one attached hydrogen (secondary N) is 1. The quantitative estimate of drug-likeness (QED) is 0.895. The monoisotopic (exact) mass is 274 g/mol. The van der Waals surface area contributed by atoms with Gasteiger partial charge in [-0.3, -0.25) is 9.69 Å². The predicted octanol–water partition coefficient (Wildman–Crippen LogP) is 2.77. The summed E-state index contributed by atoms with van der Waals surface area (Å²) in [5.74, 6) is 0.629. The van der Waals surface area contributed by atoms with Gasteiger partial charge in [0.2, 0.25) is 5.91 Å². The first kappa shape index (κ1) is 15.0. The second-order valence-corrected chi connectivity index (χ2v) is 6.22. The van der Waals surface area contributed by atoms with Gasteiger partial charge in [0, 0.05) is 12.6 Å². The molecule has 0 aliphatic heterocycles. The Labute approximate surface area is 122 Å². The van der Waals surface area contributed by atoms with E-state index in [2.05, 4.69) is 55.4 Å². The Morgan fingerprint density at radius 1 is 1.40 bits per heavy atom. The first-order valence-corrected chi connectivity index (χ1v) is 7.62. The van der Waals surface area contributed by atoms with Gasteiger partial charge < -0.3 is 5.32 Å². The van der Waals surface area contributed by atoms with Gasteiger partial charge in [0.15, 0.2) is 0 Å². The van der Waals surface area contributed by atoms with Crippen LogP contribution in [0.3, 0.4) is 0 Å². The molecule has 1 atom stereocenters. The maximum absolute atomic E-state index is 12.0. The standard InChI is InChI=1S/C17H26N2O/c1-13(2)11-18-17(20)12-19(3)16-10-6-8-14-7-4-5-9-15(14)16/h4-5,7,9,13,16H,6,8,10-12H2,1-3H3,(H,18,20)/t16-/m0/s1. The molecule has 0 radical (unpaired) electrons. The number of nitrogens with zero attached hydrogens (tertiary/aromatic N) is 1. The van der Waals surface area contributed by atoms with E-state index in [9.17, 15) is 4.79 Å². The van der Waals surface area contributed by atoms with E-state index in [1.807, 2.05) is 0 Å². The third-order valence-electron chi connectivity index (χ3n) is 3.97. The van der Waals surface area contributed by atoms with Crippen LogP contribution in [0.15, 0.2) is 24.3 Å². The van der Waals surface area contributed by atoms with E-state index in [0.29, 0.717) is 18.5 Å². The second kappa shape index (κ2) is 6.89. The molecule has 1 aromatic carbocycles. The van der Waals surface area contributed by atoms with Gasteiger partial charge in [-0.05, 0) is 43.4 Å². The lowest BCUT2D eigenvalue weighted by Gasteiger charge is -2.33. The minimum absolute atomic E-state index is 0.129. The van der Waals surface area contributed by atoms with Gasteiger partial charge in [0.25, 0.3) is 0 Å². The van der Waals surface area contributed by atoms with Gasteiger partial charge in [0.05, 0.1) is 6.54 Å². The van der Waals surface area contributed by atoms with Gasteiger partial charge in [-0.1, -0.05) is 38.1 Å². The second-order valence-electron chi connectivity index (χ2n) is 6.22. The molecule has 0 bridgehead atoms. The fraction of sp³-hybridized carbons (Fsp3) is 0.588. The average Bonchev–Trinajstić information content (AvgIpc) is 2.44. The lowest BCUT2D eigenvalue weighted by atomic mass is 9.87. The number of benzene rings is 1. The first-order chi connectivity index (χ1) is 9.58. The first-order valence-electron chi connectivity index (χ1n) is 7.62. The van der Waals surface area contributed by atoms with Crippen molar-refractivity contribution in [3.8, 4) is 0 Å². The van der Waals surface area contributed by atoms with Crippen LogP contribution >= 0.6 is 0 Å². The minimum Gasteiger partial charge on any atom is -0.355 e.